The lowest BCUT2D eigenvalue weighted by atomic mass is 10.1. The molecule has 5 rings (SSSR count). The van der Waals surface area contributed by atoms with Gasteiger partial charge in [-0.1, -0.05) is 23.7 Å². The molecule has 0 atom stereocenters. The zero-order chi connectivity index (χ0) is 24.0. The van der Waals surface area contributed by atoms with Gasteiger partial charge in [-0.15, -0.1) is 0 Å². The van der Waals surface area contributed by atoms with E-state index in [0.717, 1.165) is 4.90 Å². The van der Waals surface area contributed by atoms with Gasteiger partial charge in [-0.3, -0.25) is 19.3 Å². The van der Waals surface area contributed by atoms with Gasteiger partial charge in [0.15, 0.2) is 0 Å². The predicted molar refractivity (Wildman–Crippen MR) is 126 cm³/mol. The van der Waals surface area contributed by atoms with Crippen molar-refractivity contribution in [2.75, 3.05) is 10.2 Å². The first-order valence-corrected chi connectivity index (χ1v) is 10.8. The van der Waals surface area contributed by atoms with E-state index < -0.39 is 17.9 Å². The summed E-state index contributed by atoms with van der Waals surface area (Å²) in [6, 6.07) is 11.6. The number of carbonyl (C=O) groups excluding carboxylic acids is 3. The highest BCUT2D eigenvalue weighted by atomic mass is 35.5. The quantitative estimate of drug-likeness (QED) is 0.425. The van der Waals surface area contributed by atoms with Gasteiger partial charge in [-0.05, 0) is 44.2 Å². The van der Waals surface area contributed by atoms with E-state index in [-0.39, 0.29) is 6.10 Å². The lowest BCUT2D eigenvalue weighted by Crippen LogP contribution is -2.29. The van der Waals surface area contributed by atoms with Crippen LogP contribution in [-0.2, 0) is 4.74 Å². The summed E-state index contributed by atoms with van der Waals surface area (Å²) in [5.41, 5.74) is 2.53. The highest BCUT2D eigenvalue weighted by Gasteiger charge is 2.36. The Morgan fingerprint density at radius 3 is 2.41 bits per heavy atom. The van der Waals surface area contributed by atoms with E-state index in [1.54, 1.807) is 73.1 Å². The highest BCUT2D eigenvalue weighted by molar-refractivity contribution is 6.36. The molecule has 4 aromatic rings. The average molecular weight is 476 g/mol. The summed E-state index contributed by atoms with van der Waals surface area (Å²) in [6.45, 7) is 3.51. The molecule has 0 saturated carbocycles. The number of rotatable bonds is 4. The van der Waals surface area contributed by atoms with Crippen molar-refractivity contribution in [2.24, 2.45) is 0 Å². The Morgan fingerprint density at radius 1 is 1.03 bits per heavy atom. The maximum Gasteiger partial charge on any atom is 0.411 e. The number of carbonyl (C=O) groups is 3. The van der Waals surface area contributed by atoms with Crippen molar-refractivity contribution < 1.29 is 19.1 Å². The average Bonchev–Trinajstić information content (AvgIpc) is 3.32. The molecule has 0 fully saturated rings. The van der Waals surface area contributed by atoms with Gasteiger partial charge in [-0.25, -0.2) is 19.7 Å². The van der Waals surface area contributed by atoms with Crippen molar-refractivity contribution in [3.8, 4) is 11.3 Å². The second kappa shape index (κ2) is 8.27. The minimum atomic E-state index is -0.590. The number of ether oxygens (including phenoxy) is 1. The van der Waals surface area contributed by atoms with E-state index in [9.17, 15) is 14.4 Å². The van der Waals surface area contributed by atoms with Crippen LogP contribution in [0.2, 0.25) is 5.02 Å². The van der Waals surface area contributed by atoms with Crippen LogP contribution in [-0.4, -0.2) is 38.4 Å². The first-order chi connectivity index (χ1) is 16.3. The standard InChI is InChI=1S/C24H18ClN5O4/c1-13(2)34-24(33)27-14-10-26-23-28-20(12-29(23)11-14)18-9-15(7-8-19(18)25)30-21(31)16-5-3-4-6-17(16)22(30)32/h3-13H,1-2H3,(H,27,33). The van der Waals surface area contributed by atoms with Gasteiger partial charge in [0, 0.05) is 18.0 Å². The van der Waals surface area contributed by atoms with Gasteiger partial charge in [0.25, 0.3) is 11.8 Å². The molecule has 1 N–H and O–H groups in total. The van der Waals surface area contributed by atoms with Gasteiger partial charge in [-0.2, -0.15) is 0 Å². The van der Waals surface area contributed by atoms with Crippen LogP contribution < -0.4 is 10.2 Å². The number of halogens is 1. The second-order valence-electron chi connectivity index (χ2n) is 7.91. The lowest BCUT2D eigenvalue weighted by molar-refractivity contribution is 0.0925. The Labute approximate surface area is 198 Å². The molecule has 1 aliphatic rings. The van der Waals surface area contributed by atoms with Crippen molar-refractivity contribution in [2.45, 2.75) is 20.0 Å². The summed E-state index contributed by atoms with van der Waals surface area (Å²) in [6.07, 6.45) is 3.95. The highest BCUT2D eigenvalue weighted by Crippen LogP contribution is 2.35. The molecule has 10 heteroatoms. The molecule has 34 heavy (non-hydrogen) atoms. The number of hydrogen-bond acceptors (Lipinski definition) is 6. The Hall–Kier alpha value is -4.24. The summed E-state index contributed by atoms with van der Waals surface area (Å²) < 4.78 is 6.71. The Balaban J connectivity index is 1.48. The molecule has 2 aromatic carbocycles. The number of nitrogens with one attached hydrogen (secondary N) is 1. The summed E-state index contributed by atoms with van der Waals surface area (Å²) in [4.78, 5) is 47.5. The molecule has 1 aliphatic heterocycles. The van der Waals surface area contributed by atoms with Crippen molar-refractivity contribution in [3.05, 3.63) is 77.2 Å². The van der Waals surface area contributed by atoms with Crippen LogP contribution in [0.3, 0.4) is 0 Å². The van der Waals surface area contributed by atoms with E-state index in [2.05, 4.69) is 15.3 Å². The largest absolute Gasteiger partial charge is 0.447 e. The van der Waals surface area contributed by atoms with Gasteiger partial charge in [0.1, 0.15) is 0 Å². The van der Waals surface area contributed by atoms with Crippen molar-refractivity contribution in [1.29, 1.82) is 0 Å². The van der Waals surface area contributed by atoms with E-state index in [0.29, 0.717) is 44.6 Å². The number of imide groups is 1. The third-order valence-electron chi connectivity index (χ3n) is 5.18. The maximum atomic E-state index is 12.9. The number of aromatic nitrogens is 3. The van der Waals surface area contributed by atoms with E-state index in [4.69, 9.17) is 16.3 Å². The molecule has 3 heterocycles. The maximum absolute atomic E-state index is 12.9. The third kappa shape index (κ3) is 3.75. The topological polar surface area (TPSA) is 106 Å². The van der Waals surface area contributed by atoms with Crippen molar-refractivity contribution >= 4 is 46.7 Å². The minimum Gasteiger partial charge on any atom is -0.447 e. The number of benzene rings is 2. The number of anilines is 2. The van der Waals surface area contributed by atoms with Crippen molar-refractivity contribution in [1.82, 2.24) is 14.4 Å². The Morgan fingerprint density at radius 2 is 1.74 bits per heavy atom. The number of nitrogens with zero attached hydrogens (tertiary/aromatic N) is 4. The molecular weight excluding hydrogens is 458 g/mol. The van der Waals surface area contributed by atoms with Crippen LogP contribution in [0.4, 0.5) is 16.2 Å². The molecule has 0 bridgehead atoms. The van der Waals surface area contributed by atoms with Gasteiger partial charge < -0.3 is 4.74 Å². The molecule has 170 valence electrons. The van der Waals surface area contributed by atoms with Crippen LogP contribution >= 0.6 is 11.6 Å². The van der Waals surface area contributed by atoms with E-state index in [1.807, 2.05) is 0 Å². The lowest BCUT2D eigenvalue weighted by Gasteiger charge is -2.15. The number of hydrogen-bond donors (Lipinski definition) is 1. The predicted octanol–water partition coefficient (Wildman–Crippen LogP) is 4.81. The first-order valence-electron chi connectivity index (χ1n) is 10.4. The minimum absolute atomic E-state index is 0.256. The Kier molecular flexibility index (Phi) is 5.25. The van der Waals surface area contributed by atoms with Gasteiger partial charge >= 0.3 is 6.09 Å². The summed E-state index contributed by atoms with van der Waals surface area (Å²) >= 11 is 6.44. The summed E-state index contributed by atoms with van der Waals surface area (Å²) in [5.74, 6) is -0.413. The van der Waals surface area contributed by atoms with Crippen LogP contribution in [0.5, 0.6) is 0 Å². The molecule has 0 radical (unpaired) electrons. The molecule has 0 spiro atoms. The normalized spacial score (nSPS) is 13.0. The van der Waals surface area contributed by atoms with E-state index >= 15 is 0 Å². The van der Waals surface area contributed by atoms with Gasteiger partial charge in [0.2, 0.25) is 5.78 Å². The second-order valence-corrected chi connectivity index (χ2v) is 8.32. The number of amides is 3. The van der Waals surface area contributed by atoms with Crippen molar-refractivity contribution in [3.63, 3.8) is 0 Å². The summed E-state index contributed by atoms with van der Waals surface area (Å²) in [5, 5.41) is 3.00. The zero-order valence-electron chi connectivity index (χ0n) is 18.2. The summed E-state index contributed by atoms with van der Waals surface area (Å²) in [7, 11) is 0. The fraction of sp³-hybridized carbons (Fsp3) is 0.125. The molecular formula is C24H18ClN5O4. The molecule has 0 unspecified atom stereocenters. The van der Waals surface area contributed by atoms with Crippen LogP contribution in [0.25, 0.3) is 17.0 Å². The fourth-order valence-electron chi connectivity index (χ4n) is 3.71. The third-order valence-corrected chi connectivity index (χ3v) is 5.51. The van der Waals surface area contributed by atoms with Crippen LogP contribution in [0.15, 0.2) is 61.1 Å². The Bertz CT molecular complexity index is 1440. The molecule has 9 nitrogen and oxygen atoms in total. The van der Waals surface area contributed by atoms with Gasteiger partial charge in [0.05, 0.1) is 45.5 Å². The SMILES string of the molecule is CC(C)OC(=O)Nc1cnc2nc(-c3cc(N4C(=O)c5ccccc5C4=O)ccc3Cl)cn2c1. The molecule has 2 aromatic heterocycles. The first kappa shape index (κ1) is 21.6. The smallest absolute Gasteiger partial charge is 0.411 e. The van der Waals surface area contributed by atoms with E-state index in [1.165, 1.54) is 6.20 Å². The molecule has 0 saturated heterocycles. The van der Waals surface area contributed by atoms with Crippen LogP contribution in [0.1, 0.15) is 34.6 Å². The number of fused-ring (bicyclic) bond motifs is 2. The monoisotopic (exact) mass is 475 g/mol. The fourth-order valence-corrected chi connectivity index (χ4v) is 3.93. The molecule has 0 aliphatic carbocycles. The van der Waals surface area contributed by atoms with Crippen LogP contribution in [0, 0.1) is 0 Å². The zero-order valence-corrected chi connectivity index (χ0v) is 18.9. The molecule has 3 amide bonds. The number of imidazole rings is 1.